The molecular weight excluding hydrogens is 132 g/mol. The fraction of sp³-hybridized carbons (Fsp3) is 0.571. The first-order valence-corrected chi connectivity index (χ1v) is 3.13. The molecule has 0 bridgehead atoms. The van der Waals surface area contributed by atoms with Gasteiger partial charge in [-0.25, -0.2) is 0 Å². The van der Waals surface area contributed by atoms with Gasteiger partial charge in [0.25, 0.3) is 0 Å². The van der Waals surface area contributed by atoms with Gasteiger partial charge < -0.3 is 9.84 Å². The molecule has 0 saturated carbocycles. The fourth-order valence-corrected chi connectivity index (χ4v) is 0.488. The van der Waals surface area contributed by atoms with Crippen molar-refractivity contribution in [3.8, 4) is 0 Å². The van der Waals surface area contributed by atoms with E-state index in [0.29, 0.717) is 6.61 Å². The van der Waals surface area contributed by atoms with Crippen molar-refractivity contribution in [1.29, 1.82) is 0 Å². The minimum atomic E-state index is -0.798. The van der Waals surface area contributed by atoms with Crippen molar-refractivity contribution >= 4 is 5.97 Å². The van der Waals surface area contributed by atoms with Crippen LogP contribution in [0.1, 0.15) is 12.8 Å². The summed E-state index contributed by atoms with van der Waals surface area (Å²) in [5.41, 5.74) is 0. The Kier molecular flexibility index (Phi) is 5.77. The Labute approximate surface area is 60.3 Å². The summed E-state index contributed by atoms with van der Waals surface area (Å²) in [5.74, 6) is -0.798. The lowest BCUT2D eigenvalue weighted by molar-refractivity contribution is -0.136. The highest BCUT2D eigenvalue weighted by atomic mass is 16.5. The standard InChI is InChI=1S/C7H12O3/c1-10-6-4-2-3-5-7(8)9/h2-3H,4-6H2,1H3,(H,8,9)/b3-2-. The van der Waals surface area contributed by atoms with Gasteiger partial charge in [-0.15, -0.1) is 0 Å². The minimum Gasteiger partial charge on any atom is -0.481 e. The molecule has 0 atom stereocenters. The van der Waals surface area contributed by atoms with Crippen LogP contribution < -0.4 is 0 Å². The van der Waals surface area contributed by atoms with E-state index in [4.69, 9.17) is 9.84 Å². The van der Waals surface area contributed by atoms with Crippen LogP contribution in [0.25, 0.3) is 0 Å². The largest absolute Gasteiger partial charge is 0.481 e. The fourth-order valence-electron chi connectivity index (χ4n) is 0.488. The first-order valence-electron chi connectivity index (χ1n) is 3.13. The third-order valence-corrected chi connectivity index (χ3v) is 0.948. The number of hydrogen-bond donors (Lipinski definition) is 1. The second-order valence-corrected chi connectivity index (χ2v) is 1.85. The molecule has 0 aliphatic rings. The van der Waals surface area contributed by atoms with Gasteiger partial charge in [0.1, 0.15) is 0 Å². The van der Waals surface area contributed by atoms with Crippen molar-refractivity contribution in [2.24, 2.45) is 0 Å². The van der Waals surface area contributed by atoms with E-state index >= 15 is 0 Å². The van der Waals surface area contributed by atoms with Gasteiger partial charge in [-0.3, -0.25) is 4.79 Å². The van der Waals surface area contributed by atoms with Crippen LogP contribution in [-0.2, 0) is 9.53 Å². The van der Waals surface area contributed by atoms with Crippen LogP contribution in [-0.4, -0.2) is 24.8 Å². The molecule has 3 heteroatoms. The predicted molar refractivity (Wildman–Crippen MR) is 37.9 cm³/mol. The summed E-state index contributed by atoms with van der Waals surface area (Å²) < 4.78 is 4.75. The summed E-state index contributed by atoms with van der Waals surface area (Å²) in [6, 6.07) is 0. The smallest absolute Gasteiger partial charge is 0.307 e. The molecule has 10 heavy (non-hydrogen) atoms. The molecule has 58 valence electrons. The molecule has 0 amide bonds. The first kappa shape index (κ1) is 9.17. The Morgan fingerprint density at radius 2 is 2.30 bits per heavy atom. The highest BCUT2D eigenvalue weighted by molar-refractivity contribution is 5.68. The number of aliphatic carboxylic acids is 1. The molecule has 0 aliphatic heterocycles. The van der Waals surface area contributed by atoms with Crippen LogP contribution in [0, 0.1) is 0 Å². The molecule has 0 unspecified atom stereocenters. The lowest BCUT2D eigenvalue weighted by Crippen LogP contribution is -1.90. The van der Waals surface area contributed by atoms with Gasteiger partial charge in [0.15, 0.2) is 0 Å². The van der Waals surface area contributed by atoms with Crippen molar-refractivity contribution in [2.75, 3.05) is 13.7 Å². The lowest BCUT2D eigenvalue weighted by atomic mass is 10.3. The second kappa shape index (κ2) is 6.29. The Balaban J connectivity index is 3.12. The number of carboxylic acid groups (broad SMARTS) is 1. The van der Waals surface area contributed by atoms with E-state index in [1.165, 1.54) is 0 Å². The normalized spacial score (nSPS) is 10.5. The van der Waals surface area contributed by atoms with E-state index in [-0.39, 0.29) is 6.42 Å². The SMILES string of the molecule is COCC/C=C\CC(=O)O. The number of methoxy groups -OCH3 is 1. The van der Waals surface area contributed by atoms with Crippen molar-refractivity contribution in [3.05, 3.63) is 12.2 Å². The minimum absolute atomic E-state index is 0.101. The molecule has 0 aliphatic carbocycles. The molecule has 1 N–H and O–H groups in total. The van der Waals surface area contributed by atoms with Gasteiger partial charge in [0.2, 0.25) is 0 Å². The summed E-state index contributed by atoms with van der Waals surface area (Å²) in [5, 5.41) is 8.19. The van der Waals surface area contributed by atoms with Crippen molar-refractivity contribution in [1.82, 2.24) is 0 Å². The van der Waals surface area contributed by atoms with Crippen molar-refractivity contribution in [3.63, 3.8) is 0 Å². The number of hydrogen-bond acceptors (Lipinski definition) is 2. The van der Waals surface area contributed by atoms with E-state index in [9.17, 15) is 4.79 Å². The quantitative estimate of drug-likeness (QED) is 0.463. The highest BCUT2D eigenvalue weighted by Gasteiger charge is 1.87. The third kappa shape index (κ3) is 7.17. The van der Waals surface area contributed by atoms with Gasteiger partial charge in [0, 0.05) is 13.7 Å². The highest BCUT2D eigenvalue weighted by Crippen LogP contribution is 1.87. The summed E-state index contributed by atoms with van der Waals surface area (Å²) in [6.07, 6.45) is 4.31. The van der Waals surface area contributed by atoms with Crippen LogP contribution in [0.2, 0.25) is 0 Å². The molecule has 0 fully saturated rings. The van der Waals surface area contributed by atoms with Gasteiger partial charge in [0.05, 0.1) is 6.42 Å². The predicted octanol–water partition coefficient (Wildman–Crippen LogP) is 1.05. The number of carbonyl (C=O) groups is 1. The average Bonchev–Trinajstić information content (AvgIpc) is 1.87. The summed E-state index contributed by atoms with van der Waals surface area (Å²) in [6.45, 7) is 0.649. The summed E-state index contributed by atoms with van der Waals surface area (Å²) in [4.78, 5) is 9.95. The number of rotatable bonds is 5. The third-order valence-electron chi connectivity index (χ3n) is 0.948. The molecule has 0 rings (SSSR count). The monoisotopic (exact) mass is 144 g/mol. The van der Waals surface area contributed by atoms with Crippen molar-refractivity contribution < 1.29 is 14.6 Å². The first-order chi connectivity index (χ1) is 4.77. The Morgan fingerprint density at radius 1 is 1.60 bits per heavy atom. The summed E-state index contributed by atoms with van der Waals surface area (Å²) in [7, 11) is 1.62. The molecular formula is C7H12O3. The topological polar surface area (TPSA) is 46.5 Å². The van der Waals surface area contributed by atoms with E-state index in [1.807, 2.05) is 0 Å². The van der Waals surface area contributed by atoms with E-state index in [1.54, 1.807) is 19.3 Å². The summed E-state index contributed by atoms with van der Waals surface area (Å²) >= 11 is 0. The Bertz CT molecular complexity index is 118. The molecule has 0 heterocycles. The van der Waals surface area contributed by atoms with E-state index in [2.05, 4.69) is 0 Å². The molecule has 0 saturated heterocycles. The van der Waals surface area contributed by atoms with Gasteiger partial charge in [-0.05, 0) is 6.42 Å². The molecule has 0 spiro atoms. The van der Waals surface area contributed by atoms with Crippen LogP contribution in [0.4, 0.5) is 0 Å². The zero-order valence-electron chi connectivity index (χ0n) is 6.04. The van der Waals surface area contributed by atoms with Crippen LogP contribution in [0.15, 0.2) is 12.2 Å². The van der Waals surface area contributed by atoms with Gasteiger partial charge in [-0.2, -0.15) is 0 Å². The zero-order chi connectivity index (χ0) is 7.82. The van der Waals surface area contributed by atoms with Crippen molar-refractivity contribution in [2.45, 2.75) is 12.8 Å². The Hall–Kier alpha value is -0.830. The van der Waals surface area contributed by atoms with E-state index in [0.717, 1.165) is 6.42 Å². The molecule has 0 aromatic heterocycles. The van der Waals surface area contributed by atoms with Crippen LogP contribution in [0.3, 0.4) is 0 Å². The molecule has 0 aromatic rings. The maximum Gasteiger partial charge on any atom is 0.307 e. The van der Waals surface area contributed by atoms with Gasteiger partial charge in [-0.1, -0.05) is 12.2 Å². The maximum absolute atomic E-state index is 9.95. The maximum atomic E-state index is 9.95. The zero-order valence-corrected chi connectivity index (χ0v) is 6.04. The second-order valence-electron chi connectivity index (χ2n) is 1.85. The molecule has 3 nitrogen and oxygen atoms in total. The van der Waals surface area contributed by atoms with E-state index < -0.39 is 5.97 Å². The average molecular weight is 144 g/mol. The lowest BCUT2D eigenvalue weighted by Gasteiger charge is -1.89. The van der Waals surface area contributed by atoms with Crippen LogP contribution >= 0.6 is 0 Å². The molecule has 0 aromatic carbocycles. The Morgan fingerprint density at radius 3 is 2.80 bits per heavy atom. The number of ether oxygens (including phenoxy) is 1. The van der Waals surface area contributed by atoms with Gasteiger partial charge >= 0.3 is 5.97 Å². The number of carboxylic acids is 1. The van der Waals surface area contributed by atoms with Crippen LogP contribution in [0.5, 0.6) is 0 Å². The molecule has 0 radical (unpaired) electrons.